The summed E-state index contributed by atoms with van der Waals surface area (Å²) in [6.45, 7) is 5.49. The summed E-state index contributed by atoms with van der Waals surface area (Å²) in [5, 5.41) is 8.50. The molecule has 0 saturated heterocycles. The van der Waals surface area contributed by atoms with Gasteiger partial charge in [0, 0.05) is 11.1 Å². The van der Waals surface area contributed by atoms with Crippen molar-refractivity contribution >= 4 is 5.97 Å². The van der Waals surface area contributed by atoms with Crippen molar-refractivity contribution in [1.82, 2.24) is 15.2 Å². The molecule has 0 atom stereocenters. The zero-order chi connectivity index (χ0) is 18.6. The van der Waals surface area contributed by atoms with Gasteiger partial charge in [-0.05, 0) is 20.8 Å². The van der Waals surface area contributed by atoms with Crippen molar-refractivity contribution in [3.05, 3.63) is 66.5 Å². The molecule has 2 aromatic carbocycles. The molecule has 0 bridgehead atoms. The highest BCUT2D eigenvalue weighted by Crippen LogP contribution is 2.28. The Morgan fingerprint density at radius 1 is 0.846 bits per heavy atom. The lowest BCUT2D eigenvalue weighted by Crippen LogP contribution is -2.25. The van der Waals surface area contributed by atoms with E-state index in [0.29, 0.717) is 17.2 Å². The van der Waals surface area contributed by atoms with Crippen LogP contribution in [0.1, 0.15) is 26.6 Å². The summed E-state index contributed by atoms with van der Waals surface area (Å²) in [5.41, 5.74) is 2.69. The lowest BCUT2D eigenvalue weighted by molar-refractivity contribution is -0.154. The largest absolute Gasteiger partial charge is 0.460 e. The van der Waals surface area contributed by atoms with E-state index in [1.807, 2.05) is 81.4 Å². The van der Waals surface area contributed by atoms with Crippen molar-refractivity contribution < 1.29 is 9.53 Å². The van der Waals surface area contributed by atoms with Crippen LogP contribution in [0.15, 0.2) is 60.7 Å². The summed E-state index contributed by atoms with van der Waals surface area (Å²) in [7, 11) is 0. The van der Waals surface area contributed by atoms with Gasteiger partial charge >= 0.3 is 5.97 Å². The zero-order valence-electron chi connectivity index (χ0n) is 15.1. The monoisotopic (exact) mass is 347 g/mol. The van der Waals surface area contributed by atoms with Crippen LogP contribution in [0, 0.1) is 0 Å². The van der Waals surface area contributed by atoms with Crippen LogP contribution in [-0.4, -0.2) is 26.8 Å². The van der Waals surface area contributed by atoms with E-state index in [0.717, 1.165) is 11.1 Å². The van der Waals surface area contributed by atoms with Crippen LogP contribution in [-0.2, 0) is 16.0 Å². The fraction of sp³-hybridized carbons (Fsp3) is 0.238. The highest BCUT2D eigenvalue weighted by Gasteiger charge is 2.19. The molecule has 3 aromatic rings. The van der Waals surface area contributed by atoms with E-state index in [1.165, 1.54) is 0 Å². The minimum atomic E-state index is -0.545. The van der Waals surface area contributed by atoms with Gasteiger partial charge in [-0.1, -0.05) is 60.7 Å². The highest BCUT2D eigenvalue weighted by atomic mass is 16.6. The van der Waals surface area contributed by atoms with Crippen molar-refractivity contribution in [1.29, 1.82) is 0 Å². The number of ether oxygens (including phenoxy) is 1. The van der Waals surface area contributed by atoms with Gasteiger partial charge in [-0.2, -0.15) is 0 Å². The van der Waals surface area contributed by atoms with Gasteiger partial charge < -0.3 is 4.74 Å². The Hall–Kier alpha value is -3.08. The van der Waals surface area contributed by atoms with Gasteiger partial charge in [0.05, 0.1) is 0 Å². The third kappa shape index (κ3) is 4.51. The number of rotatable bonds is 4. The standard InChI is InChI=1S/C21H21N3O2/c1-21(2,3)26-18(25)14-17-22-19(15-10-6-4-7-11-15)20(24-23-17)16-12-8-5-9-13-16/h4-13H,14H2,1-3H3. The molecule has 0 N–H and O–H groups in total. The first-order chi connectivity index (χ1) is 12.4. The fourth-order valence-electron chi connectivity index (χ4n) is 2.53. The molecular weight excluding hydrogens is 326 g/mol. The van der Waals surface area contributed by atoms with E-state index >= 15 is 0 Å². The number of nitrogens with zero attached hydrogens (tertiary/aromatic N) is 3. The number of esters is 1. The van der Waals surface area contributed by atoms with Crippen molar-refractivity contribution in [2.75, 3.05) is 0 Å². The smallest absolute Gasteiger partial charge is 0.314 e. The Kier molecular flexibility index (Phi) is 5.07. The second kappa shape index (κ2) is 7.44. The molecule has 132 valence electrons. The van der Waals surface area contributed by atoms with E-state index in [-0.39, 0.29) is 12.4 Å². The topological polar surface area (TPSA) is 65.0 Å². The van der Waals surface area contributed by atoms with Gasteiger partial charge in [0.2, 0.25) is 0 Å². The second-order valence-electron chi connectivity index (χ2n) is 6.92. The number of aromatic nitrogens is 3. The quantitative estimate of drug-likeness (QED) is 0.665. The van der Waals surface area contributed by atoms with Crippen molar-refractivity contribution in [2.45, 2.75) is 32.8 Å². The molecule has 0 radical (unpaired) electrons. The highest BCUT2D eigenvalue weighted by molar-refractivity contribution is 5.78. The van der Waals surface area contributed by atoms with E-state index in [4.69, 9.17) is 4.74 Å². The molecule has 0 aliphatic rings. The lowest BCUT2D eigenvalue weighted by Gasteiger charge is -2.19. The summed E-state index contributed by atoms with van der Waals surface area (Å²) in [6.07, 6.45) is -0.0147. The third-order valence-electron chi connectivity index (χ3n) is 3.55. The fourth-order valence-corrected chi connectivity index (χ4v) is 2.53. The van der Waals surface area contributed by atoms with Crippen molar-refractivity contribution in [3.63, 3.8) is 0 Å². The van der Waals surface area contributed by atoms with Gasteiger partial charge in [-0.15, -0.1) is 10.2 Å². The maximum atomic E-state index is 12.1. The maximum absolute atomic E-state index is 12.1. The van der Waals surface area contributed by atoms with Crippen LogP contribution in [0.2, 0.25) is 0 Å². The minimum Gasteiger partial charge on any atom is -0.460 e. The van der Waals surface area contributed by atoms with Gasteiger partial charge in [0.25, 0.3) is 0 Å². The molecule has 5 heteroatoms. The zero-order valence-corrected chi connectivity index (χ0v) is 15.1. The SMILES string of the molecule is CC(C)(C)OC(=O)Cc1nnc(-c2ccccc2)c(-c2ccccc2)n1. The summed E-state index contributed by atoms with van der Waals surface area (Å²) in [5.74, 6) is -0.0245. The number of hydrogen-bond donors (Lipinski definition) is 0. The van der Waals surface area contributed by atoms with Crippen LogP contribution >= 0.6 is 0 Å². The Balaban J connectivity index is 1.99. The molecule has 0 unspecified atom stereocenters. The number of carbonyl (C=O) groups is 1. The number of hydrogen-bond acceptors (Lipinski definition) is 5. The van der Waals surface area contributed by atoms with E-state index in [2.05, 4.69) is 15.2 Å². The Morgan fingerprint density at radius 2 is 1.38 bits per heavy atom. The maximum Gasteiger partial charge on any atom is 0.314 e. The molecule has 0 aliphatic carbocycles. The minimum absolute atomic E-state index is 0.0147. The summed E-state index contributed by atoms with van der Waals surface area (Å²) in [4.78, 5) is 16.7. The number of carbonyl (C=O) groups excluding carboxylic acids is 1. The first-order valence-electron chi connectivity index (χ1n) is 8.49. The third-order valence-corrected chi connectivity index (χ3v) is 3.55. The molecule has 1 heterocycles. The van der Waals surface area contributed by atoms with Gasteiger partial charge in [-0.25, -0.2) is 4.98 Å². The van der Waals surface area contributed by atoms with Crippen LogP contribution in [0.4, 0.5) is 0 Å². The molecule has 0 spiro atoms. The molecule has 0 amide bonds. The van der Waals surface area contributed by atoms with E-state index in [1.54, 1.807) is 0 Å². The molecule has 0 saturated carbocycles. The summed E-state index contributed by atoms with van der Waals surface area (Å²) in [6, 6.07) is 19.5. The normalized spacial score (nSPS) is 11.2. The molecule has 26 heavy (non-hydrogen) atoms. The Morgan fingerprint density at radius 3 is 1.92 bits per heavy atom. The summed E-state index contributed by atoms with van der Waals surface area (Å²) >= 11 is 0. The molecule has 0 fully saturated rings. The van der Waals surface area contributed by atoms with Crippen molar-refractivity contribution in [2.24, 2.45) is 0 Å². The average Bonchev–Trinajstić information content (AvgIpc) is 2.61. The average molecular weight is 347 g/mol. The summed E-state index contributed by atoms with van der Waals surface area (Å²) < 4.78 is 5.36. The molecule has 5 nitrogen and oxygen atoms in total. The molecule has 1 aromatic heterocycles. The van der Waals surface area contributed by atoms with Crippen LogP contribution in [0.25, 0.3) is 22.5 Å². The Labute approximate surface area is 153 Å². The van der Waals surface area contributed by atoms with Gasteiger partial charge in [0.15, 0.2) is 5.82 Å². The predicted molar refractivity (Wildman–Crippen MR) is 100 cm³/mol. The second-order valence-corrected chi connectivity index (χ2v) is 6.92. The van der Waals surface area contributed by atoms with Crippen LogP contribution in [0.5, 0.6) is 0 Å². The molecule has 3 rings (SSSR count). The molecule has 0 aliphatic heterocycles. The van der Waals surface area contributed by atoms with Crippen molar-refractivity contribution in [3.8, 4) is 22.5 Å². The first-order valence-corrected chi connectivity index (χ1v) is 8.49. The lowest BCUT2D eigenvalue weighted by atomic mass is 10.0. The van der Waals surface area contributed by atoms with Gasteiger partial charge in [0.1, 0.15) is 23.4 Å². The van der Waals surface area contributed by atoms with Crippen LogP contribution < -0.4 is 0 Å². The first kappa shape index (κ1) is 17.7. The van der Waals surface area contributed by atoms with E-state index in [9.17, 15) is 4.79 Å². The van der Waals surface area contributed by atoms with E-state index < -0.39 is 5.60 Å². The van der Waals surface area contributed by atoms with Crippen LogP contribution in [0.3, 0.4) is 0 Å². The van der Waals surface area contributed by atoms with Gasteiger partial charge in [-0.3, -0.25) is 4.79 Å². The Bertz CT molecular complexity index is 888. The number of benzene rings is 2. The molecular formula is C21H21N3O2. The predicted octanol–water partition coefficient (Wildman–Crippen LogP) is 4.09.